The van der Waals surface area contributed by atoms with Gasteiger partial charge in [0, 0.05) is 8.77 Å². The van der Waals surface area contributed by atoms with E-state index in [-0.39, 0.29) is 42.2 Å². The van der Waals surface area contributed by atoms with E-state index in [1.165, 1.54) is 0 Å². The Morgan fingerprint density at radius 3 is 1.73 bits per heavy atom. The number of hydrogen-bond acceptors (Lipinski definition) is 6. The zero-order chi connectivity index (χ0) is 11.6. The Kier molecular flexibility index (Phi) is 21.6. The molecule has 0 aliphatic carbocycles. The van der Waals surface area contributed by atoms with Crippen LogP contribution in [0.1, 0.15) is 27.2 Å². The summed E-state index contributed by atoms with van der Waals surface area (Å²) in [6, 6.07) is 0. The fourth-order valence-electron chi connectivity index (χ4n) is 0.378. The van der Waals surface area contributed by atoms with Crippen molar-refractivity contribution in [2.24, 2.45) is 0 Å². The average Bonchev–Trinajstić information content (AvgIpc) is 1.99. The number of rotatable bonds is 3. The molecule has 0 atom stereocenters. The van der Waals surface area contributed by atoms with Crippen LogP contribution >= 0.6 is 24.4 Å². The third kappa shape index (κ3) is 31.3. The summed E-state index contributed by atoms with van der Waals surface area (Å²) in [5.74, 6) is 0. The van der Waals surface area contributed by atoms with Crippen LogP contribution in [0.4, 0.5) is 0 Å². The maximum absolute atomic E-state index is 4.80. The van der Waals surface area contributed by atoms with Crippen LogP contribution < -0.4 is 0 Å². The van der Waals surface area contributed by atoms with E-state index in [0.29, 0.717) is 6.61 Å². The van der Waals surface area contributed by atoms with Crippen molar-refractivity contribution in [3.8, 4) is 0 Å². The van der Waals surface area contributed by atoms with Gasteiger partial charge in [-0.25, -0.2) is 0 Å². The number of hydrogen-bond donors (Lipinski definition) is 0. The first-order valence-electron chi connectivity index (χ1n) is 4.11. The van der Waals surface area contributed by atoms with Gasteiger partial charge in [-0.15, -0.1) is 0 Å². The molecule has 0 fully saturated rings. The second-order valence-corrected chi connectivity index (χ2v) is 4.52. The molecule has 0 amide bonds. The molecule has 0 saturated heterocycles. The number of thiocarbonyl (C=S) groups is 2. The van der Waals surface area contributed by atoms with E-state index in [2.05, 4.69) is 49.7 Å². The minimum absolute atomic E-state index is 0. The van der Waals surface area contributed by atoms with Crippen LogP contribution in [0, 0.1) is 0 Å². The quantitative estimate of drug-likeness (QED) is 0.421. The molecule has 0 spiro atoms. The minimum atomic E-state index is 0. The van der Waals surface area contributed by atoms with Crippen molar-refractivity contribution in [1.29, 1.82) is 0 Å². The standard InChI is InChI=1S/2C4H8OS2.Cd/c1-3(2)5-4(6)7;1-2-3-5-4(6)7;/h3H,1-2H3,(H,6,7);2-3H2,1H3,(H,6,7);/q;;+2/p-2. The van der Waals surface area contributed by atoms with Crippen molar-refractivity contribution in [2.75, 3.05) is 6.61 Å². The van der Waals surface area contributed by atoms with Gasteiger partial charge < -0.3 is 59.2 Å². The van der Waals surface area contributed by atoms with Gasteiger partial charge in [0.2, 0.25) is 0 Å². The first kappa shape index (κ1) is 21.4. The van der Waals surface area contributed by atoms with Gasteiger partial charge in [0.25, 0.3) is 0 Å². The monoisotopic (exact) mass is 384 g/mol. The molecule has 0 aliphatic heterocycles. The van der Waals surface area contributed by atoms with E-state index in [1.54, 1.807) is 0 Å². The summed E-state index contributed by atoms with van der Waals surface area (Å²) in [5.41, 5.74) is 0. The zero-order valence-electron chi connectivity index (χ0n) is 9.15. The van der Waals surface area contributed by atoms with Crippen LogP contribution in [-0.2, 0) is 62.0 Å². The topological polar surface area (TPSA) is 18.5 Å². The molecule has 7 heteroatoms. The average molecular weight is 383 g/mol. The van der Waals surface area contributed by atoms with E-state index in [1.807, 2.05) is 20.8 Å². The van der Waals surface area contributed by atoms with Gasteiger partial charge in [-0.3, -0.25) is 0 Å². The van der Waals surface area contributed by atoms with E-state index >= 15 is 0 Å². The van der Waals surface area contributed by atoms with Gasteiger partial charge in [0.05, 0.1) is 12.7 Å². The molecule has 0 aromatic heterocycles. The van der Waals surface area contributed by atoms with Crippen LogP contribution in [-0.4, -0.2) is 21.5 Å². The Morgan fingerprint density at radius 1 is 1.20 bits per heavy atom. The van der Waals surface area contributed by atoms with Gasteiger partial charge >= 0.3 is 27.3 Å². The molecule has 0 N–H and O–H groups in total. The summed E-state index contributed by atoms with van der Waals surface area (Å²) in [5, 5.41) is 0. The van der Waals surface area contributed by atoms with E-state index < -0.39 is 0 Å². The first-order chi connectivity index (χ1) is 6.40. The summed E-state index contributed by atoms with van der Waals surface area (Å²) in [4.78, 5) is 0. The molecule has 0 aliphatic rings. The van der Waals surface area contributed by atoms with E-state index in [9.17, 15) is 0 Å². The summed E-state index contributed by atoms with van der Waals surface area (Å²) < 4.78 is 9.96. The van der Waals surface area contributed by atoms with E-state index in [4.69, 9.17) is 9.47 Å². The molecule has 0 rings (SSSR count). The molecule has 0 heterocycles. The normalized spacial score (nSPS) is 8.00. The minimum Gasteiger partial charge on any atom is -0.514 e. The molecule has 84 valence electrons. The van der Waals surface area contributed by atoms with Crippen molar-refractivity contribution >= 4 is 58.5 Å². The zero-order valence-corrected chi connectivity index (χ0v) is 16.5. The molecular weight excluding hydrogens is 369 g/mol. The SMILES string of the molecule is CC(C)OC(=S)[S-].CCCOC(=S)[S-].[Cd+2]. The first-order valence-corrected chi connectivity index (χ1v) is 5.74. The van der Waals surface area contributed by atoms with Gasteiger partial charge in [-0.1, -0.05) is 6.92 Å². The van der Waals surface area contributed by atoms with Crippen LogP contribution in [0.5, 0.6) is 0 Å². The molecule has 15 heavy (non-hydrogen) atoms. The summed E-state index contributed by atoms with van der Waals surface area (Å²) in [6.45, 7) is 6.44. The second-order valence-electron chi connectivity index (χ2n) is 2.52. The van der Waals surface area contributed by atoms with Crippen molar-refractivity contribution < 1.29 is 36.8 Å². The molecule has 2 nitrogen and oxygen atoms in total. The molecule has 0 aromatic carbocycles. The van der Waals surface area contributed by atoms with Gasteiger partial charge in [-0.05, 0) is 20.3 Å². The van der Waals surface area contributed by atoms with Crippen LogP contribution in [0.2, 0.25) is 0 Å². The van der Waals surface area contributed by atoms with Crippen LogP contribution in [0.25, 0.3) is 0 Å². The van der Waals surface area contributed by atoms with Crippen molar-refractivity contribution in [3.05, 3.63) is 0 Å². The third-order valence-corrected chi connectivity index (χ3v) is 1.18. The van der Waals surface area contributed by atoms with Crippen molar-refractivity contribution in [2.45, 2.75) is 33.3 Å². The third-order valence-electron chi connectivity index (χ3n) is 0.756. The molecular formula is C8H14CdO2S4. The van der Waals surface area contributed by atoms with Crippen LogP contribution in [0.3, 0.4) is 0 Å². The van der Waals surface area contributed by atoms with Crippen molar-refractivity contribution in [1.82, 2.24) is 0 Å². The Morgan fingerprint density at radius 2 is 1.67 bits per heavy atom. The van der Waals surface area contributed by atoms with Gasteiger partial charge in [0.1, 0.15) is 0 Å². The Hall–Kier alpha value is 1.14. The Labute approximate surface area is 134 Å². The Balaban J connectivity index is -0.000000180. The Bertz CT molecular complexity index is 176. The fraction of sp³-hybridized carbons (Fsp3) is 0.750. The molecule has 0 bridgehead atoms. The molecule has 0 aromatic rings. The van der Waals surface area contributed by atoms with Crippen LogP contribution in [0.15, 0.2) is 0 Å². The van der Waals surface area contributed by atoms with E-state index in [0.717, 1.165) is 6.42 Å². The molecule has 0 unspecified atom stereocenters. The summed E-state index contributed by atoms with van der Waals surface area (Å²) in [6.07, 6.45) is 1.10. The number of ether oxygens (including phenoxy) is 2. The maximum Gasteiger partial charge on any atom is 2.00 e. The van der Waals surface area contributed by atoms with Crippen molar-refractivity contribution in [3.63, 3.8) is 0 Å². The van der Waals surface area contributed by atoms with Gasteiger partial charge in [-0.2, -0.15) is 0 Å². The smallest absolute Gasteiger partial charge is 0.514 e. The predicted octanol–water partition coefficient (Wildman–Crippen LogP) is 2.49. The second kappa shape index (κ2) is 15.1. The molecule has 0 saturated carbocycles. The predicted molar refractivity (Wildman–Crippen MR) is 72.4 cm³/mol. The molecule has 0 radical (unpaired) electrons. The summed E-state index contributed by atoms with van der Waals surface area (Å²) in [7, 11) is 0. The van der Waals surface area contributed by atoms with Gasteiger partial charge in [0.15, 0.2) is 0 Å². The fourth-order valence-corrected chi connectivity index (χ4v) is 0.929. The largest absolute Gasteiger partial charge is 2.00 e. The maximum atomic E-state index is 4.80. The summed E-state index contributed by atoms with van der Waals surface area (Å²) >= 11 is 17.8.